The third-order valence-corrected chi connectivity index (χ3v) is 3.86. The van der Waals surface area contributed by atoms with Crippen LogP contribution in [0.4, 0.5) is 28.4 Å². The molecule has 0 aliphatic carbocycles. The zero-order valence-corrected chi connectivity index (χ0v) is 15.4. The van der Waals surface area contributed by atoms with Gasteiger partial charge in [0.1, 0.15) is 5.75 Å². The molecule has 0 aliphatic heterocycles. The predicted molar refractivity (Wildman–Crippen MR) is 99.6 cm³/mol. The lowest BCUT2D eigenvalue weighted by atomic mass is 10.2. The van der Waals surface area contributed by atoms with Gasteiger partial charge in [-0.2, -0.15) is 0 Å². The van der Waals surface area contributed by atoms with Gasteiger partial charge >= 0.3 is 17.6 Å². The highest BCUT2D eigenvalue weighted by Crippen LogP contribution is 2.23. The molecule has 0 bridgehead atoms. The summed E-state index contributed by atoms with van der Waals surface area (Å²) in [6, 6.07) is 10.8. The molecule has 0 spiro atoms. The summed E-state index contributed by atoms with van der Waals surface area (Å²) in [6.45, 7) is 0.0323. The first-order valence-corrected chi connectivity index (χ1v) is 8.68. The Morgan fingerprint density at radius 2 is 1.72 bits per heavy atom. The van der Waals surface area contributed by atoms with Crippen LogP contribution in [-0.2, 0) is 0 Å². The molecule has 11 heteroatoms. The summed E-state index contributed by atoms with van der Waals surface area (Å²) in [5.41, 5.74) is 2.44. The number of alkyl halides is 3. The maximum Gasteiger partial charge on any atom is 0.573 e. The van der Waals surface area contributed by atoms with Crippen molar-refractivity contribution in [3.05, 3.63) is 54.1 Å². The molecule has 0 aliphatic rings. The molecule has 7 nitrogen and oxygen atoms in total. The average molecular weight is 425 g/mol. The Morgan fingerprint density at radius 3 is 2.31 bits per heavy atom. The molecule has 0 atom stereocenters. The first kappa shape index (κ1) is 21.9. The number of urea groups is 1. The van der Waals surface area contributed by atoms with Crippen LogP contribution in [0.15, 0.2) is 53.4 Å². The Bertz CT molecular complexity index is 907. The van der Waals surface area contributed by atoms with Crippen molar-refractivity contribution in [1.82, 2.24) is 10.8 Å². The van der Waals surface area contributed by atoms with Crippen LogP contribution in [0.1, 0.15) is 5.56 Å². The smallest absolute Gasteiger partial charge is 0.406 e. The SMILES string of the molecule is O=C(NCC#Cc1ccc(SC(=O)NO)cc1)Nc1ccc(OC(F)(F)F)cc1. The van der Waals surface area contributed by atoms with Crippen LogP contribution in [0.3, 0.4) is 0 Å². The molecule has 0 radical (unpaired) electrons. The maximum atomic E-state index is 12.1. The summed E-state index contributed by atoms with van der Waals surface area (Å²) in [4.78, 5) is 23.4. The van der Waals surface area contributed by atoms with Crippen LogP contribution in [0.5, 0.6) is 5.75 Å². The van der Waals surface area contributed by atoms with Crippen LogP contribution in [-0.4, -0.2) is 29.4 Å². The van der Waals surface area contributed by atoms with Crippen LogP contribution in [0.2, 0.25) is 0 Å². The van der Waals surface area contributed by atoms with Gasteiger partial charge in [0.15, 0.2) is 0 Å². The molecule has 0 fully saturated rings. The van der Waals surface area contributed by atoms with E-state index in [0.29, 0.717) is 10.5 Å². The van der Waals surface area contributed by atoms with Gasteiger partial charge in [-0.25, -0.2) is 10.3 Å². The molecule has 0 aromatic heterocycles. The van der Waals surface area contributed by atoms with Gasteiger partial charge in [-0.3, -0.25) is 10.0 Å². The molecule has 0 saturated heterocycles. The van der Waals surface area contributed by atoms with Crippen molar-refractivity contribution in [2.24, 2.45) is 0 Å². The molecule has 3 amide bonds. The van der Waals surface area contributed by atoms with Gasteiger partial charge in [0.25, 0.3) is 0 Å². The van der Waals surface area contributed by atoms with Crippen molar-refractivity contribution in [1.29, 1.82) is 0 Å². The fourth-order valence-electron chi connectivity index (χ4n) is 1.92. The van der Waals surface area contributed by atoms with E-state index >= 15 is 0 Å². The summed E-state index contributed by atoms with van der Waals surface area (Å²) >= 11 is 0.812. The first-order chi connectivity index (χ1) is 13.7. The number of thioether (sulfide) groups is 1. The summed E-state index contributed by atoms with van der Waals surface area (Å²) in [5.74, 6) is 5.15. The third kappa shape index (κ3) is 8.46. The number of rotatable bonds is 4. The van der Waals surface area contributed by atoms with Crippen molar-refractivity contribution in [2.45, 2.75) is 11.3 Å². The van der Waals surface area contributed by atoms with Crippen LogP contribution in [0, 0.1) is 11.8 Å². The van der Waals surface area contributed by atoms with Gasteiger partial charge in [0.2, 0.25) is 0 Å². The molecule has 2 aromatic carbocycles. The number of hydrogen-bond donors (Lipinski definition) is 4. The van der Waals surface area contributed by atoms with Gasteiger partial charge in [0, 0.05) is 16.1 Å². The number of hydroxylamine groups is 1. The van der Waals surface area contributed by atoms with Crippen LogP contribution in [0.25, 0.3) is 0 Å². The number of benzene rings is 2. The summed E-state index contributed by atoms with van der Waals surface area (Å²) < 4.78 is 40.0. The number of carbonyl (C=O) groups is 2. The van der Waals surface area contributed by atoms with E-state index in [2.05, 4.69) is 27.2 Å². The normalized spacial score (nSPS) is 10.3. The van der Waals surface area contributed by atoms with Crippen molar-refractivity contribution in [3.8, 4) is 17.6 Å². The predicted octanol–water partition coefficient (Wildman–Crippen LogP) is 3.95. The highest BCUT2D eigenvalue weighted by Gasteiger charge is 2.30. The lowest BCUT2D eigenvalue weighted by Gasteiger charge is -2.10. The second-order valence-electron chi connectivity index (χ2n) is 5.21. The molecular weight excluding hydrogens is 411 g/mol. The topological polar surface area (TPSA) is 99.7 Å². The number of amides is 3. The molecule has 152 valence electrons. The number of carbonyl (C=O) groups excluding carboxylic acids is 2. The standard InChI is InChI=1S/C18H14F3N3O4S/c19-18(20,21)28-14-7-5-13(6-8-14)23-16(25)22-11-1-2-12-3-9-15(10-4-12)29-17(26)24-27/h3-10,27H,11H2,(H,24,26)(H2,22,23,25). The van der Waals surface area contributed by atoms with E-state index in [1.165, 1.54) is 17.6 Å². The fraction of sp³-hybridized carbons (Fsp3) is 0.111. The van der Waals surface area contributed by atoms with Crippen molar-refractivity contribution in [3.63, 3.8) is 0 Å². The lowest BCUT2D eigenvalue weighted by molar-refractivity contribution is -0.274. The summed E-state index contributed by atoms with van der Waals surface area (Å²) in [6.07, 6.45) is -4.78. The highest BCUT2D eigenvalue weighted by atomic mass is 32.2. The lowest BCUT2D eigenvalue weighted by Crippen LogP contribution is -2.28. The summed E-state index contributed by atoms with van der Waals surface area (Å²) in [5, 5.41) is 12.8. The second-order valence-corrected chi connectivity index (χ2v) is 6.25. The molecule has 0 heterocycles. The number of hydrogen-bond acceptors (Lipinski definition) is 5. The minimum atomic E-state index is -4.78. The minimum Gasteiger partial charge on any atom is -0.406 e. The second kappa shape index (κ2) is 10.3. The van der Waals surface area contributed by atoms with Gasteiger partial charge < -0.3 is 15.4 Å². The van der Waals surface area contributed by atoms with E-state index in [1.807, 2.05) is 0 Å². The molecule has 29 heavy (non-hydrogen) atoms. The monoisotopic (exact) mass is 425 g/mol. The maximum absolute atomic E-state index is 12.1. The Labute approximate surface area is 167 Å². The van der Waals surface area contributed by atoms with E-state index in [0.717, 1.165) is 23.9 Å². The Hall–Kier alpha value is -3.36. The number of nitrogens with one attached hydrogen (secondary N) is 3. The number of ether oxygens (including phenoxy) is 1. The van der Waals surface area contributed by atoms with Gasteiger partial charge in [-0.15, -0.1) is 13.2 Å². The molecule has 2 aromatic rings. The Kier molecular flexibility index (Phi) is 7.76. The first-order valence-electron chi connectivity index (χ1n) is 7.87. The van der Waals surface area contributed by atoms with Crippen molar-refractivity contribution < 1.29 is 32.7 Å². The van der Waals surface area contributed by atoms with Gasteiger partial charge in [-0.1, -0.05) is 11.8 Å². The molecule has 2 rings (SSSR count). The number of anilines is 1. The zero-order chi connectivity index (χ0) is 21.3. The Morgan fingerprint density at radius 1 is 1.07 bits per heavy atom. The molecule has 4 N–H and O–H groups in total. The summed E-state index contributed by atoms with van der Waals surface area (Å²) in [7, 11) is 0. The van der Waals surface area contributed by atoms with Crippen LogP contribution < -0.4 is 20.9 Å². The van der Waals surface area contributed by atoms with Gasteiger partial charge in [-0.05, 0) is 60.3 Å². The van der Waals surface area contributed by atoms with Gasteiger partial charge in [0.05, 0.1) is 6.54 Å². The molecule has 0 unspecified atom stereocenters. The highest BCUT2D eigenvalue weighted by molar-refractivity contribution is 8.13. The largest absolute Gasteiger partial charge is 0.573 e. The number of halogens is 3. The van der Waals surface area contributed by atoms with E-state index < -0.39 is 23.4 Å². The Balaban J connectivity index is 1.78. The molecule has 0 saturated carbocycles. The van der Waals surface area contributed by atoms with Crippen molar-refractivity contribution in [2.75, 3.05) is 11.9 Å². The average Bonchev–Trinajstić information content (AvgIpc) is 2.67. The zero-order valence-electron chi connectivity index (χ0n) is 14.5. The molecular formula is C18H14F3N3O4S. The van der Waals surface area contributed by atoms with E-state index in [4.69, 9.17) is 5.21 Å². The fourth-order valence-corrected chi connectivity index (χ4v) is 2.45. The third-order valence-electron chi connectivity index (χ3n) is 3.07. The van der Waals surface area contributed by atoms with E-state index in [-0.39, 0.29) is 12.2 Å². The van der Waals surface area contributed by atoms with Crippen molar-refractivity contribution >= 4 is 28.7 Å². The van der Waals surface area contributed by atoms with E-state index in [1.54, 1.807) is 24.3 Å². The van der Waals surface area contributed by atoms with Crippen LogP contribution >= 0.6 is 11.8 Å². The van der Waals surface area contributed by atoms with E-state index in [9.17, 15) is 22.8 Å². The quantitative estimate of drug-likeness (QED) is 0.257. The minimum absolute atomic E-state index is 0.0323.